The predicted octanol–water partition coefficient (Wildman–Crippen LogP) is 2.94. The Bertz CT molecular complexity index is 365. The van der Waals surface area contributed by atoms with E-state index in [4.69, 9.17) is 0 Å². The number of likely N-dealkylation sites (tertiary alicyclic amines) is 2. The summed E-state index contributed by atoms with van der Waals surface area (Å²) in [5.41, 5.74) is 0.850. The molecule has 0 aromatic rings. The summed E-state index contributed by atoms with van der Waals surface area (Å²) in [6, 6.07) is 0.339. The molecule has 0 unspecified atom stereocenters. The average Bonchev–Trinajstić information content (AvgIpc) is 2.69. The maximum atomic E-state index is 12.1. The lowest BCUT2D eigenvalue weighted by Gasteiger charge is -2.40. The van der Waals surface area contributed by atoms with E-state index in [0.29, 0.717) is 10.8 Å². The Balaban J connectivity index is 1.82. The number of urea groups is 1. The summed E-state index contributed by atoms with van der Waals surface area (Å²) in [4.78, 5) is 16.7. The van der Waals surface area contributed by atoms with Crippen molar-refractivity contribution in [3.63, 3.8) is 0 Å². The number of nitrogens with one attached hydrogen (secondary N) is 1. The first kappa shape index (κ1) is 16.6. The molecule has 2 aliphatic rings. The molecule has 2 rings (SSSR count). The third-order valence-electron chi connectivity index (χ3n) is 4.74. The Kier molecular flexibility index (Phi) is 4.86. The van der Waals surface area contributed by atoms with Gasteiger partial charge in [0.05, 0.1) is 0 Å². The van der Waals surface area contributed by atoms with Crippen molar-refractivity contribution >= 4 is 6.03 Å². The van der Waals surface area contributed by atoms with Crippen LogP contribution in [0.1, 0.15) is 53.9 Å². The van der Waals surface area contributed by atoms with Crippen LogP contribution in [0, 0.1) is 10.8 Å². The average molecular weight is 295 g/mol. The molecule has 1 spiro atoms. The molecule has 4 nitrogen and oxygen atoms in total. The van der Waals surface area contributed by atoms with Gasteiger partial charge in [-0.15, -0.1) is 0 Å². The minimum Gasteiger partial charge on any atom is -0.336 e. The highest BCUT2D eigenvalue weighted by atomic mass is 16.2. The number of nitrogens with zero attached hydrogens (tertiary/aromatic N) is 2. The first-order valence-electron chi connectivity index (χ1n) is 8.47. The molecule has 1 N–H and O–H groups in total. The molecule has 21 heavy (non-hydrogen) atoms. The van der Waals surface area contributed by atoms with Crippen molar-refractivity contribution in [2.24, 2.45) is 10.8 Å². The molecule has 2 aliphatic heterocycles. The Labute approximate surface area is 130 Å². The van der Waals surface area contributed by atoms with E-state index < -0.39 is 0 Å². The Morgan fingerprint density at radius 3 is 2.24 bits per heavy atom. The molecule has 0 atom stereocenters. The number of hydrogen-bond acceptors (Lipinski definition) is 2. The van der Waals surface area contributed by atoms with E-state index in [9.17, 15) is 4.79 Å². The summed E-state index contributed by atoms with van der Waals surface area (Å²) in [5, 5.41) is 3.01. The largest absolute Gasteiger partial charge is 0.336 e. The lowest BCUT2D eigenvalue weighted by atomic mass is 9.78. The van der Waals surface area contributed by atoms with Crippen molar-refractivity contribution in [2.75, 3.05) is 32.7 Å². The molecule has 0 aromatic heterocycles. The van der Waals surface area contributed by atoms with E-state index in [-0.39, 0.29) is 12.1 Å². The van der Waals surface area contributed by atoms with Gasteiger partial charge in [-0.3, -0.25) is 0 Å². The van der Waals surface area contributed by atoms with E-state index in [0.717, 1.165) is 13.1 Å². The van der Waals surface area contributed by atoms with Crippen LogP contribution in [0.4, 0.5) is 4.79 Å². The highest BCUT2D eigenvalue weighted by Crippen LogP contribution is 2.41. The van der Waals surface area contributed by atoms with Crippen LogP contribution in [0.3, 0.4) is 0 Å². The first-order chi connectivity index (χ1) is 9.69. The summed E-state index contributed by atoms with van der Waals surface area (Å²) in [6.07, 6.45) is 3.64. The van der Waals surface area contributed by atoms with Crippen molar-refractivity contribution in [3.05, 3.63) is 0 Å². The summed E-state index contributed by atoms with van der Waals surface area (Å²) < 4.78 is 0. The zero-order valence-electron chi connectivity index (χ0n) is 14.5. The molecule has 2 heterocycles. The predicted molar refractivity (Wildman–Crippen MR) is 87.4 cm³/mol. The smallest absolute Gasteiger partial charge is 0.317 e. The molecule has 2 amide bonds. The van der Waals surface area contributed by atoms with Gasteiger partial charge in [0.2, 0.25) is 0 Å². The number of amides is 2. The standard InChI is InChI=1S/C17H33N3O/c1-14(2)18-15(21)20-10-7-17(8-11-20)6-9-19(13-17)12-16(3,4)5/h14H,6-13H2,1-5H3,(H,18,21). The van der Waals surface area contributed by atoms with Gasteiger partial charge in [0.1, 0.15) is 0 Å². The zero-order chi connectivity index (χ0) is 15.7. The summed E-state index contributed by atoms with van der Waals surface area (Å²) in [7, 11) is 0. The number of rotatable bonds is 2. The van der Waals surface area contributed by atoms with Crippen LogP contribution in [0.5, 0.6) is 0 Å². The molecule has 0 aliphatic carbocycles. The number of carbonyl (C=O) groups is 1. The second-order valence-electron chi connectivity index (χ2n) is 8.61. The van der Waals surface area contributed by atoms with Crippen LogP contribution in [0.15, 0.2) is 0 Å². The van der Waals surface area contributed by atoms with Gasteiger partial charge in [-0.05, 0) is 50.5 Å². The quantitative estimate of drug-likeness (QED) is 0.850. The minimum absolute atomic E-state index is 0.115. The number of piperidine rings is 1. The van der Waals surface area contributed by atoms with Crippen molar-refractivity contribution in [2.45, 2.75) is 59.9 Å². The molecule has 0 saturated carbocycles. The van der Waals surface area contributed by atoms with E-state index in [2.05, 4.69) is 31.0 Å². The maximum Gasteiger partial charge on any atom is 0.317 e. The minimum atomic E-state index is 0.115. The summed E-state index contributed by atoms with van der Waals surface area (Å²) in [5.74, 6) is 0. The van der Waals surface area contributed by atoms with Gasteiger partial charge in [0.25, 0.3) is 0 Å². The van der Waals surface area contributed by atoms with E-state index in [1.807, 2.05) is 18.7 Å². The molecular weight excluding hydrogens is 262 g/mol. The van der Waals surface area contributed by atoms with Gasteiger partial charge in [-0.2, -0.15) is 0 Å². The molecule has 0 aromatic carbocycles. The van der Waals surface area contributed by atoms with E-state index in [1.165, 1.54) is 38.9 Å². The van der Waals surface area contributed by atoms with Crippen LogP contribution in [0.2, 0.25) is 0 Å². The molecular formula is C17H33N3O. The lowest BCUT2D eigenvalue weighted by molar-refractivity contribution is 0.112. The van der Waals surface area contributed by atoms with Gasteiger partial charge in [0.15, 0.2) is 0 Å². The van der Waals surface area contributed by atoms with E-state index >= 15 is 0 Å². The second kappa shape index (κ2) is 6.15. The van der Waals surface area contributed by atoms with E-state index in [1.54, 1.807) is 0 Å². The molecule has 0 bridgehead atoms. The molecule has 2 fully saturated rings. The second-order valence-corrected chi connectivity index (χ2v) is 8.61. The monoisotopic (exact) mass is 295 g/mol. The number of carbonyl (C=O) groups excluding carboxylic acids is 1. The number of hydrogen-bond donors (Lipinski definition) is 1. The summed E-state index contributed by atoms with van der Waals surface area (Å²) in [6.45, 7) is 16.5. The SMILES string of the molecule is CC(C)NC(=O)N1CCC2(CCN(CC(C)(C)C)C2)CC1. The first-order valence-corrected chi connectivity index (χ1v) is 8.47. The third-order valence-corrected chi connectivity index (χ3v) is 4.74. The van der Waals surface area contributed by atoms with Crippen LogP contribution in [0.25, 0.3) is 0 Å². The van der Waals surface area contributed by atoms with Gasteiger partial charge in [-0.1, -0.05) is 20.8 Å². The fourth-order valence-corrected chi connectivity index (χ4v) is 3.76. The topological polar surface area (TPSA) is 35.6 Å². The zero-order valence-corrected chi connectivity index (χ0v) is 14.5. The Hall–Kier alpha value is -0.770. The van der Waals surface area contributed by atoms with Crippen LogP contribution in [-0.2, 0) is 0 Å². The molecule has 122 valence electrons. The van der Waals surface area contributed by atoms with Crippen LogP contribution in [-0.4, -0.2) is 54.6 Å². The highest BCUT2D eigenvalue weighted by Gasteiger charge is 2.41. The fourth-order valence-electron chi connectivity index (χ4n) is 3.76. The van der Waals surface area contributed by atoms with Crippen molar-refractivity contribution in [3.8, 4) is 0 Å². The molecule has 4 heteroatoms. The Morgan fingerprint density at radius 2 is 1.71 bits per heavy atom. The van der Waals surface area contributed by atoms with Crippen molar-refractivity contribution in [1.82, 2.24) is 15.1 Å². The normalized spacial score (nSPS) is 23.0. The van der Waals surface area contributed by atoms with Gasteiger partial charge >= 0.3 is 6.03 Å². The van der Waals surface area contributed by atoms with Gasteiger partial charge < -0.3 is 15.1 Å². The summed E-state index contributed by atoms with van der Waals surface area (Å²) >= 11 is 0. The van der Waals surface area contributed by atoms with Crippen LogP contribution < -0.4 is 5.32 Å². The van der Waals surface area contributed by atoms with Crippen LogP contribution >= 0.6 is 0 Å². The third kappa shape index (κ3) is 4.60. The lowest BCUT2D eigenvalue weighted by Crippen LogP contribution is -2.49. The maximum absolute atomic E-state index is 12.1. The fraction of sp³-hybridized carbons (Fsp3) is 0.941. The van der Waals surface area contributed by atoms with Crippen molar-refractivity contribution < 1.29 is 4.79 Å². The van der Waals surface area contributed by atoms with Crippen molar-refractivity contribution in [1.29, 1.82) is 0 Å². The molecule has 2 saturated heterocycles. The Morgan fingerprint density at radius 1 is 1.14 bits per heavy atom. The molecule has 0 radical (unpaired) electrons. The highest BCUT2D eigenvalue weighted by molar-refractivity contribution is 5.74. The van der Waals surface area contributed by atoms with Gasteiger partial charge in [0, 0.05) is 32.2 Å². The van der Waals surface area contributed by atoms with Gasteiger partial charge in [-0.25, -0.2) is 4.79 Å².